The molecule has 0 aliphatic heterocycles. The summed E-state index contributed by atoms with van der Waals surface area (Å²) in [6, 6.07) is -0.558. The molecule has 0 saturated carbocycles. The van der Waals surface area contributed by atoms with Crippen molar-refractivity contribution in [1.82, 2.24) is 5.32 Å². The van der Waals surface area contributed by atoms with Crippen LogP contribution in [0.2, 0.25) is 0 Å². The summed E-state index contributed by atoms with van der Waals surface area (Å²) in [4.78, 5) is 24.6. The minimum atomic E-state index is -0.679. The highest BCUT2D eigenvalue weighted by Crippen LogP contribution is 2.18. The van der Waals surface area contributed by atoms with Crippen molar-refractivity contribution >= 4 is 11.9 Å². The number of aliphatic hydroxyl groups is 2. The highest BCUT2D eigenvalue weighted by atomic mass is 16.5. The van der Waals surface area contributed by atoms with E-state index in [9.17, 15) is 19.8 Å². The molecule has 6 nitrogen and oxygen atoms in total. The molecule has 0 aromatic heterocycles. The molecule has 0 spiro atoms. The standard InChI is InChI=1S/C66H127NO5/c1-3-5-7-9-11-13-15-17-19-21-23-24-25-26-27-28-30-31-33-35-38-42-46-50-54-58-64(69)63(62-68)67-65(70)59-55-51-47-43-39-37-41-45-49-53-57-61-72-66(71)60-56-52-48-44-40-36-34-32-29-22-20-18-16-14-12-10-8-6-4-2/h12,14,18,20,63-64,68-69H,3-11,13,15-17,19,21-62H2,1-2H3,(H,67,70)/b14-12-,20-18-. The normalized spacial score (nSPS) is 12.7. The number of hydrogen-bond donors (Lipinski definition) is 3. The summed E-state index contributed by atoms with van der Waals surface area (Å²) in [6.07, 6.45) is 76.2. The van der Waals surface area contributed by atoms with Crippen LogP contribution in [0.4, 0.5) is 0 Å². The largest absolute Gasteiger partial charge is 0.466 e. The predicted molar refractivity (Wildman–Crippen MR) is 315 cm³/mol. The molecule has 0 heterocycles. The molecule has 0 bridgehead atoms. The van der Waals surface area contributed by atoms with Crippen molar-refractivity contribution in [3.63, 3.8) is 0 Å². The lowest BCUT2D eigenvalue weighted by Crippen LogP contribution is -2.45. The Morgan fingerprint density at radius 3 is 1.08 bits per heavy atom. The molecular formula is C66H127NO5. The first kappa shape index (κ1) is 70.3. The third-order valence-corrected chi connectivity index (χ3v) is 15.3. The zero-order valence-electron chi connectivity index (χ0n) is 48.7. The monoisotopic (exact) mass is 1010 g/mol. The number of hydrogen-bond acceptors (Lipinski definition) is 5. The van der Waals surface area contributed by atoms with Crippen LogP contribution in [0.3, 0.4) is 0 Å². The molecule has 0 saturated heterocycles. The average Bonchev–Trinajstić information content (AvgIpc) is 3.38. The van der Waals surface area contributed by atoms with Crippen molar-refractivity contribution in [3.8, 4) is 0 Å². The van der Waals surface area contributed by atoms with Gasteiger partial charge in [0.2, 0.25) is 5.91 Å². The summed E-state index contributed by atoms with van der Waals surface area (Å²) in [7, 11) is 0. The zero-order chi connectivity index (χ0) is 52.2. The molecule has 2 atom stereocenters. The maximum absolute atomic E-state index is 12.5. The predicted octanol–water partition coefficient (Wildman–Crippen LogP) is 20.6. The lowest BCUT2D eigenvalue weighted by atomic mass is 10.0. The van der Waals surface area contributed by atoms with Gasteiger partial charge in [0, 0.05) is 12.8 Å². The molecule has 0 aliphatic carbocycles. The number of allylic oxidation sites excluding steroid dienone is 4. The van der Waals surface area contributed by atoms with E-state index in [0.29, 0.717) is 25.9 Å². The molecule has 0 radical (unpaired) electrons. The van der Waals surface area contributed by atoms with E-state index in [0.717, 1.165) is 64.2 Å². The van der Waals surface area contributed by atoms with Crippen molar-refractivity contribution in [2.24, 2.45) is 0 Å². The molecule has 0 aliphatic rings. The molecule has 426 valence electrons. The second-order valence-electron chi connectivity index (χ2n) is 22.5. The van der Waals surface area contributed by atoms with Gasteiger partial charge in [0.05, 0.1) is 25.4 Å². The van der Waals surface area contributed by atoms with Crippen LogP contribution < -0.4 is 5.32 Å². The Hall–Kier alpha value is -1.66. The number of carbonyl (C=O) groups is 2. The molecule has 2 unspecified atom stereocenters. The van der Waals surface area contributed by atoms with Crippen LogP contribution in [0.5, 0.6) is 0 Å². The number of ether oxygens (including phenoxy) is 1. The fourth-order valence-electron chi connectivity index (χ4n) is 10.3. The third-order valence-electron chi connectivity index (χ3n) is 15.3. The summed E-state index contributed by atoms with van der Waals surface area (Å²) in [5, 5.41) is 23.4. The van der Waals surface area contributed by atoms with Crippen LogP contribution in [0, 0.1) is 0 Å². The first-order chi connectivity index (χ1) is 35.5. The quantitative estimate of drug-likeness (QED) is 0.0320. The van der Waals surface area contributed by atoms with E-state index in [1.54, 1.807) is 0 Å². The van der Waals surface area contributed by atoms with Gasteiger partial charge in [-0.15, -0.1) is 0 Å². The molecule has 3 N–H and O–H groups in total. The lowest BCUT2D eigenvalue weighted by Gasteiger charge is -2.22. The first-order valence-corrected chi connectivity index (χ1v) is 32.6. The number of esters is 1. The topological polar surface area (TPSA) is 95.9 Å². The minimum absolute atomic E-state index is 0.0159. The van der Waals surface area contributed by atoms with Crippen LogP contribution in [0.1, 0.15) is 361 Å². The number of rotatable bonds is 61. The van der Waals surface area contributed by atoms with Gasteiger partial charge in [0.15, 0.2) is 0 Å². The van der Waals surface area contributed by atoms with Crippen LogP contribution in [-0.4, -0.2) is 47.4 Å². The van der Waals surface area contributed by atoms with Crippen molar-refractivity contribution in [3.05, 3.63) is 24.3 Å². The fraction of sp³-hybridized carbons (Fsp3) is 0.909. The number of carbonyl (C=O) groups excluding carboxylic acids is 2. The SMILES string of the molecule is CCCCC/C=C\C/C=C\CCCCCCCCCCCC(=O)OCCCCCCCCCCCCCC(=O)NC(CO)C(O)CCCCCCCCCCCCCCCCCCCCCCCCCCC. The van der Waals surface area contributed by atoms with Crippen molar-refractivity contribution in [2.45, 2.75) is 373 Å². The Balaban J connectivity index is 3.44. The van der Waals surface area contributed by atoms with Gasteiger partial charge in [-0.3, -0.25) is 9.59 Å². The Morgan fingerprint density at radius 2 is 0.694 bits per heavy atom. The number of unbranched alkanes of at least 4 members (excludes halogenated alkanes) is 46. The molecule has 72 heavy (non-hydrogen) atoms. The third kappa shape index (κ3) is 57.6. The Morgan fingerprint density at radius 1 is 0.389 bits per heavy atom. The fourth-order valence-corrected chi connectivity index (χ4v) is 10.3. The molecule has 0 rings (SSSR count). The van der Waals surface area contributed by atoms with E-state index in [1.807, 2.05) is 0 Å². The van der Waals surface area contributed by atoms with Crippen LogP contribution in [-0.2, 0) is 14.3 Å². The summed E-state index contributed by atoms with van der Waals surface area (Å²) in [6.45, 7) is 4.92. The van der Waals surface area contributed by atoms with E-state index in [4.69, 9.17) is 4.74 Å². The van der Waals surface area contributed by atoms with E-state index in [2.05, 4.69) is 43.5 Å². The van der Waals surface area contributed by atoms with Crippen LogP contribution in [0.15, 0.2) is 24.3 Å². The van der Waals surface area contributed by atoms with E-state index in [1.165, 1.54) is 263 Å². The van der Waals surface area contributed by atoms with Gasteiger partial charge in [-0.2, -0.15) is 0 Å². The van der Waals surface area contributed by atoms with Crippen molar-refractivity contribution < 1.29 is 24.5 Å². The van der Waals surface area contributed by atoms with Gasteiger partial charge in [-0.25, -0.2) is 0 Å². The first-order valence-electron chi connectivity index (χ1n) is 32.6. The molecular weight excluding hydrogens is 887 g/mol. The Labute approximate surface area is 450 Å². The molecule has 6 heteroatoms. The smallest absolute Gasteiger partial charge is 0.305 e. The van der Waals surface area contributed by atoms with Gasteiger partial charge in [0.25, 0.3) is 0 Å². The molecule has 0 aromatic rings. The maximum Gasteiger partial charge on any atom is 0.305 e. The van der Waals surface area contributed by atoms with Crippen molar-refractivity contribution in [2.75, 3.05) is 13.2 Å². The molecule has 1 amide bonds. The van der Waals surface area contributed by atoms with Gasteiger partial charge in [-0.1, -0.05) is 314 Å². The van der Waals surface area contributed by atoms with Gasteiger partial charge >= 0.3 is 5.97 Å². The lowest BCUT2D eigenvalue weighted by molar-refractivity contribution is -0.143. The number of aliphatic hydroxyl groups excluding tert-OH is 2. The summed E-state index contributed by atoms with van der Waals surface area (Å²) < 4.78 is 5.49. The van der Waals surface area contributed by atoms with Gasteiger partial charge < -0.3 is 20.3 Å². The Bertz CT molecular complexity index is 1120. The number of amides is 1. The van der Waals surface area contributed by atoms with E-state index >= 15 is 0 Å². The summed E-state index contributed by atoms with van der Waals surface area (Å²) in [5.41, 5.74) is 0. The van der Waals surface area contributed by atoms with Gasteiger partial charge in [-0.05, 0) is 57.8 Å². The second kappa shape index (κ2) is 61.9. The van der Waals surface area contributed by atoms with Crippen LogP contribution in [0.25, 0.3) is 0 Å². The molecule has 0 fully saturated rings. The summed E-state index contributed by atoms with van der Waals surface area (Å²) in [5.74, 6) is -0.0658. The van der Waals surface area contributed by atoms with Crippen LogP contribution >= 0.6 is 0 Å². The average molecular weight is 1010 g/mol. The van der Waals surface area contributed by atoms with E-state index < -0.39 is 12.1 Å². The zero-order valence-corrected chi connectivity index (χ0v) is 48.7. The minimum Gasteiger partial charge on any atom is -0.466 e. The molecule has 0 aromatic carbocycles. The maximum atomic E-state index is 12.5. The summed E-state index contributed by atoms with van der Waals surface area (Å²) >= 11 is 0. The number of nitrogens with one attached hydrogen (secondary N) is 1. The van der Waals surface area contributed by atoms with E-state index in [-0.39, 0.29) is 18.5 Å². The van der Waals surface area contributed by atoms with Crippen molar-refractivity contribution in [1.29, 1.82) is 0 Å². The highest BCUT2D eigenvalue weighted by Gasteiger charge is 2.20. The second-order valence-corrected chi connectivity index (χ2v) is 22.5. The Kier molecular flexibility index (Phi) is 60.5. The highest BCUT2D eigenvalue weighted by molar-refractivity contribution is 5.76. The van der Waals surface area contributed by atoms with Gasteiger partial charge in [0.1, 0.15) is 0 Å².